The molecule has 0 spiro atoms. The number of rotatable bonds is 4. The molecule has 2 aromatic carbocycles. The molecule has 0 aliphatic heterocycles. The van der Waals surface area contributed by atoms with Crippen LogP contribution in [0.2, 0.25) is 0 Å². The largest absolute Gasteiger partial charge is 0.496 e. The zero-order chi connectivity index (χ0) is 15.4. The van der Waals surface area contributed by atoms with Crippen molar-refractivity contribution in [3.63, 3.8) is 0 Å². The van der Waals surface area contributed by atoms with Gasteiger partial charge in [0.2, 0.25) is 0 Å². The second-order valence-electron chi connectivity index (χ2n) is 4.41. The van der Waals surface area contributed by atoms with E-state index in [0.717, 1.165) is 5.56 Å². The summed E-state index contributed by atoms with van der Waals surface area (Å²) in [6.45, 7) is 1.85. The predicted octanol–water partition coefficient (Wildman–Crippen LogP) is 3.16. The topological polar surface area (TPSA) is 81.5 Å². The Bertz CT molecular complexity index is 681. The van der Waals surface area contributed by atoms with E-state index in [2.05, 4.69) is 5.32 Å². The van der Waals surface area contributed by atoms with Gasteiger partial charge in [0.05, 0.1) is 17.6 Å². The third-order valence-electron chi connectivity index (χ3n) is 3.00. The van der Waals surface area contributed by atoms with Crippen molar-refractivity contribution < 1.29 is 14.5 Å². The number of nitrogens with one attached hydrogen (secondary N) is 1. The summed E-state index contributed by atoms with van der Waals surface area (Å²) in [5.41, 5.74) is 1.72. The monoisotopic (exact) mass is 286 g/mol. The summed E-state index contributed by atoms with van der Waals surface area (Å²) in [5.74, 6) is 0.182. The number of para-hydroxylation sites is 1. The Morgan fingerprint density at radius 1 is 1.19 bits per heavy atom. The molecule has 1 N–H and O–H groups in total. The average molecular weight is 286 g/mol. The second-order valence-corrected chi connectivity index (χ2v) is 4.41. The summed E-state index contributed by atoms with van der Waals surface area (Å²) < 4.78 is 5.24. The molecule has 1 amide bonds. The quantitative estimate of drug-likeness (QED) is 0.691. The van der Waals surface area contributed by atoms with Gasteiger partial charge in [0.15, 0.2) is 0 Å². The van der Waals surface area contributed by atoms with Crippen LogP contribution in [0.5, 0.6) is 5.75 Å². The van der Waals surface area contributed by atoms with Crippen LogP contribution < -0.4 is 10.1 Å². The third kappa shape index (κ3) is 3.17. The van der Waals surface area contributed by atoms with E-state index >= 15 is 0 Å². The van der Waals surface area contributed by atoms with Crippen LogP contribution in [0.25, 0.3) is 0 Å². The van der Waals surface area contributed by atoms with Crippen LogP contribution >= 0.6 is 0 Å². The van der Waals surface area contributed by atoms with Gasteiger partial charge in [-0.3, -0.25) is 14.9 Å². The Hall–Kier alpha value is -2.89. The molecule has 0 fully saturated rings. The standard InChI is InChI=1S/C15H14N2O4/c1-10-4-3-5-13(14(10)21-2)15(18)16-11-6-8-12(9-7-11)17(19)20/h3-9H,1-2H3,(H,16,18). The van der Waals surface area contributed by atoms with Gasteiger partial charge in [-0.2, -0.15) is 0 Å². The van der Waals surface area contributed by atoms with E-state index in [1.165, 1.54) is 31.4 Å². The molecule has 0 aromatic heterocycles. The number of nitro benzene ring substituents is 1. The lowest BCUT2D eigenvalue weighted by atomic mass is 10.1. The fraction of sp³-hybridized carbons (Fsp3) is 0.133. The number of methoxy groups -OCH3 is 1. The van der Waals surface area contributed by atoms with Crippen molar-refractivity contribution in [3.05, 3.63) is 63.7 Å². The van der Waals surface area contributed by atoms with E-state index < -0.39 is 4.92 Å². The fourth-order valence-electron chi connectivity index (χ4n) is 1.97. The number of aryl methyl sites for hydroxylation is 1. The molecule has 0 radical (unpaired) electrons. The highest BCUT2D eigenvalue weighted by molar-refractivity contribution is 6.06. The Balaban J connectivity index is 2.22. The third-order valence-corrected chi connectivity index (χ3v) is 3.00. The van der Waals surface area contributed by atoms with Crippen molar-refractivity contribution in [3.8, 4) is 5.75 Å². The molecule has 0 heterocycles. The lowest BCUT2D eigenvalue weighted by molar-refractivity contribution is -0.384. The van der Waals surface area contributed by atoms with E-state index in [-0.39, 0.29) is 11.6 Å². The minimum atomic E-state index is -0.491. The minimum absolute atomic E-state index is 0.0267. The number of hydrogen-bond donors (Lipinski definition) is 1. The number of carbonyl (C=O) groups is 1. The van der Waals surface area contributed by atoms with Crippen LogP contribution in [0, 0.1) is 17.0 Å². The number of hydrogen-bond acceptors (Lipinski definition) is 4. The Morgan fingerprint density at radius 2 is 1.86 bits per heavy atom. The first-order valence-corrected chi connectivity index (χ1v) is 6.22. The molecule has 0 aliphatic carbocycles. The summed E-state index contributed by atoms with van der Waals surface area (Å²) >= 11 is 0. The Labute approximate surface area is 121 Å². The summed E-state index contributed by atoms with van der Waals surface area (Å²) in [6, 6.07) is 10.9. The fourth-order valence-corrected chi connectivity index (χ4v) is 1.97. The normalized spacial score (nSPS) is 10.0. The van der Waals surface area contributed by atoms with E-state index in [0.29, 0.717) is 17.0 Å². The summed E-state index contributed by atoms with van der Waals surface area (Å²) in [4.78, 5) is 22.3. The first-order chi connectivity index (χ1) is 10.0. The van der Waals surface area contributed by atoms with Crippen molar-refractivity contribution in [1.29, 1.82) is 0 Å². The second kappa shape index (κ2) is 6.04. The highest BCUT2D eigenvalue weighted by atomic mass is 16.6. The lowest BCUT2D eigenvalue weighted by Crippen LogP contribution is -2.13. The molecule has 0 bridgehead atoms. The zero-order valence-electron chi connectivity index (χ0n) is 11.6. The number of carbonyl (C=O) groups excluding carboxylic acids is 1. The van der Waals surface area contributed by atoms with Gasteiger partial charge in [0, 0.05) is 17.8 Å². The van der Waals surface area contributed by atoms with Gasteiger partial charge in [-0.1, -0.05) is 12.1 Å². The van der Waals surface area contributed by atoms with Gasteiger partial charge in [-0.05, 0) is 30.7 Å². The maximum absolute atomic E-state index is 12.2. The number of non-ortho nitro benzene ring substituents is 1. The number of amides is 1. The SMILES string of the molecule is COc1c(C)cccc1C(=O)Nc1ccc([N+](=O)[O-])cc1. The van der Waals surface area contributed by atoms with E-state index in [9.17, 15) is 14.9 Å². The lowest BCUT2D eigenvalue weighted by Gasteiger charge is -2.11. The first kappa shape index (κ1) is 14.5. The maximum Gasteiger partial charge on any atom is 0.269 e. The molecule has 2 rings (SSSR count). The van der Waals surface area contributed by atoms with Crippen molar-refractivity contribution in [2.75, 3.05) is 12.4 Å². The molecule has 0 saturated heterocycles. The first-order valence-electron chi connectivity index (χ1n) is 6.22. The summed E-state index contributed by atoms with van der Waals surface area (Å²) in [7, 11) is 1.50. The molecule has 6 nitrogen and oxygen atoms in total. The smallest absolute Gasteiger partial charge is 0.269 e. The Morgan fingerprint density at radius 3 is 2.43 bits per heavy atom. The van der Waals surface area contributed by atoms with Crippen molar-refractivity contribution >= 4 is 17.3 Å². The number of nitrogens with zero attached hydrogens (tertiary/aromatic N) is 1. The minimum Gasteiger partial charge on any atom is -0.496 e. The molecule has 6 heteroatoms. The number of benzene rings is 2. The molecule has 21 heavy (non-hydrogen) atoms. The van der Waals surface area contributed by atoms with Gasteiger partial charge in [-0.25, -0.2) is 0 Å². The van der Waals surface area contributed by atoms with Crippen LogP contribution in [0.1, 0.15) is 15.9 Å². The van der Waals surface area contributed by atoms with Gasteiger partial charge in [0.1, 0.15) is 5.75 Å². The van der Waals surface area contributed by atoms with Crippen LogP contribution in [-0.2, 0) is 0 Å². The van der Waals surface area contributed by atoms with E-state index in [4.69, 9.17) is 4.74 Å². The molecule has 0 aliphatic rings. The van der Waals surface area contributed by atoms with Gasteiger partial charge >= 0.3 is 0 Å². The molecular weight excluding hydrogens is 272 g/mol. The molecule has 0 saturated carbocycles. The maximum atomic E-state index is 12.2. The van der Waals surface area contributed by atoms with Crippen LogP contribution in [0.4, 0.5) is 11.4 Å². The Kier molecular flexibility index (Phi) is 4.18. The van der Waals surface area contributed by atoms with Gasteiger partial charge in [0.25, 0.3) is 11.6 Å². The van der Waals surface area contributed by atoms with Crippen molar-refractivity contribution in [2.24, 2.45) is 0 Å². The van der Waals surface area contributed by atoms with Crippen LogP contribution in [0.15, 0.2) is 42.5 Å². The summed E-state index contributed by atoms with van der Waals surface area (Å²) in [5, 5.41) is 13.3. The average Bonchev–Trinajstić information content (AvgIpc) is 2.47. The predicted molar refractivity (Wildman–Crippen MR) is 78.8 cm³/mol. The molecule has 108 valence electrons. The zero-order valence-corrected chi connectivity index (χ0v) is 11.6. The number of nitro groups is 1. The molecule has 0 atom stereocenters. The van der Waals surface area contributed by atoms with Crippen LogP contribution in [0.3, 0.4) is 0 Å². The summed E-state index contributed by atoms with van der Waals surface area (Å²) in [6.07, 6.45) is 0. The molecule has 2 aromatic rings. The van der Waals surface area contributed by atoms with Crippen molar-refractivity contribution in [2.45, 2.75) is 6.92 Å². The number of ether oxygens (including phenoxy) is 1. The highest BCUT2D eigenvalue weighted by Crippen LogP contribution is 2.24. The molecular formula is C15H14N2O4. The van der Waals surface area contributed by atoms with Crippen LogP contribution in [-0.4, -0.2) is 17.9 Å². The van der Waals surface area contributed by atoms with Gasteiger partial charge < -0.3 is 10.1 Å². The van der Waals surface area contributed by atoms with Gasteiger partial charge in [-0.15, -0.1) is 0 Å². The van der Waals surface area contributed by atoms with Crippen molar-refractivity contribution in [1.82, 2.24) is 0 Å². The van der Waals surface area contributed by atoms with E-state index in [1.807, 2.05) is 13.0 Å². The highest BCUT2D eigenvalue weighted by Gasteiger charge is 2.14. The van der Waals surface area contributed by atoms with E-state index in [1.54, 1.807) is 12.1 Å². The number of anilines is 1. The molecule has 0 unspecified atom stereocenters.